The van der Waals surface area contributed by atoms with Gasteiger partial charge in [-0.1, -0.05) is 0 Å². The molecule has 2 heterocycles. The van der Waals surface area contributed by atoms with E-state index in [1.807, 2.05) is 12.3 Å². The predicted octanol–water partition coefficient (Wildman–Crippen LogP) is 0.457. The first kappa shape index (κ1) is 12.4. The summed E-state index contributed by atoms with van der Waals surface area (Å²) in [7, 11) is 0. The van der Waals surface area contributed by atoms with Crippen molar-refractivity contribution in [1.29, 1.82) is 0 Å². The number of hydrogen-bond acceptors (Lipinski definition) is 7. The van der Waals surface area contributed by atoms with Crippen molar-refractivity contribution in [2.45, 2.75) is 13.5 Å². The number of aryl methyl sites for hydroxylation is 1. The molecule has 0 aliphatic rings. The Bertz CT molecular complexity index is 555. The van der Waals surface area contributed by atoms with E-state index in [2.05, 4.69) is 25.7 Å². The largest absolute Gasteiger partial charge is 0.345 e. The zero-order valence-corrected chi connectivity index (χ0v) is 10.5. The van der Waals surface area contributed by atoms with Gasteiger partial charge in [-0.3, -0.25) is 9.78 Å². The van der Waals surface area contributed by atoms with Crippen LogP contribution >= 0.6 is 11.3 Å². The fourth-order valence-electron chi connectivity index (χ4n) is 1.30. The number of hydrazine groups is 1. The monoisotopic (exact) mass is 264 g/mol. The van der Waals surface area contributed by atoms with Crippen LogP contribution in [0.2, 0.25) is 0 Å². The number of hydrogen-bond donors (Lipinski definition) is 3. The van der Waals surface area contributed by atoms with Crippen LogP contribution in [-0.2, 0) is 6.54 Å². The van der Waals surface area contributed by atoms with E-state index in [4.69, 9.17) is 5.84 Å². The second kappa shape index (κ2) is 5.52. The fraction of sp³-hybridized carbons (Fsp3) is 0.200. The molecule has 0 spiro atoms. The van der Waals surface area contributed by atoms with Crippen LogP contribution in [0.25, 0.3) is 0 Å². The number of rotatable bonds is 4. The first-order valence-electron chi connectivity index (χ1n) is 5.17. The molecule has 0 fully saturated rings. The molecule has 0 atom stereocenters. The highest BCUT2D eigenvalue weighted by Crippen LogP contribution is 2.07. The van der Waals surface area contributed by atoms with Crippen LogP contribution in [0.1, 0.15) is 21.2 Å². The van der Waals surface area contributed by atoms with Gasteiger partial charge in [-0.2, -0.15) is 0 Å². The van der Waals surface area contributed by atoms with Gasteiger partial charge in [0.2, 0.25) is 0 Å². The molecule has 0 bridgehead atoms. The van der Waals surface area contributed by atoms with Crippen molar-refractivity contribution in [3.63, 3.8) is 0 Å². The number of nitrogen functional groups attached to an aromatic ring is 1. The Hall–Kier alpha value is -2.06. The smallest absolute Gasteiger partial charge is 0.271 e. The number of nitrogens with one attached hydrogen (secondary N) is 2. The Morgan fingerprint density at radius 1 is 1.44 bits per heavy atom. The highest BCUT2D eigenvalue weighted by Gasteiger charge is 2.09. The van der Waals surface area contributed by atoms with Crippen LogP contribution in [0.5, 0.6) is 0 Å². The van der Waals surface area contributed by atoms with Crippen molar-refractivity contribution in [2.75, 3.05) is 5.43 Å². The maximum atomic E-state index is 11.8. The van der Waals surface area contributed by atoms with Crippen molar-refractivity contribution < 1.29 is 4.79 Å². The van der Waals surface area contributed by atoms with Crippen LogP contribution in [0, 0.1) is 6.92 Å². The third-order valence-corrected chi connectivity index (χ3v) is 2.93. The van der Waals surface area contributed by atoms with Gasteiger partial charge in [0.1, 0.15) is 5.69 Å². The third-order valence-electron chi connectivity index (χ3n) is 2.11. The Morgan fingerprint density at radius 2 is 2.28 bits per heavy atom. The molecule has 0 aliphatic carbocycles. The number of amides is 1. The average molecular weight is 264 g/mol. The molecule has 0 radical (unpaired) electrons. The van der Waals surface area contributed by atoms with E-state index in [1.54, 1.807) is 11.3 Å². The average Bonchev–Trinajstić information content (AvgIpc) is 2.82. The number of anilines is 1. The van der Waals surface area contributed by atoms with E-state index in [1.165, 1.54) is 12.4 Å². The Balaban J connectivity index is 1.99. The summed E-state index contributed by atoms with van der Waals surface area (Å²) in [5.41, 5.74) is 3.37. The molecule has 18 heavy (non-hydrogen) atoms. The van der Waals surface area contributed by atoms with Gasteiger partial charge in [0.25, 0.3) is 5.91 Å². The Morgan fingerprint density at radius 3 is 2.94 bits per heavy atom. The summed E-state index contributed by atoms with van der Waals surface area (Å²) < 4.78 is 0. The molecule has 0 saturated heterocycles. The highest BCUT2D eigenvalue weighted by atomic mass is 32.1. The van der Waals surface area contributed by atoms with Gasteiger partial charge in [0, 0.05) is 5.38 Å². The van der Waals surface area contributed by atoms with Crippen LogP contribution in [-0.4, -0.2) is 20.9 Å². The summed E-state index contributed by atoms with van der Waals surface area (Å²) in [6.45, 7) is 2.28. The first-order valence-corrected chi connectivity index (χ1v) is 6.05. The third kappa shape index (κ3) is 2.99. The summed E-state index contributed by atoms with van der Waals surface area (Å²) >= 11 is 1.54. The van der Waals surface area contributed by atoms with Crippen LogP contribution in [0.4, 0.5) is 5.82 Å². The van der Waals surface area contributed by atoms with Gasteiger partial charge in [-0.15, -0.1) is 11.3 Å². The zero-order valence-electron chi connectivity index (χ0n) is 9.67. The molecular weight excluding hydrogens is 252 g/mol. The second-order valence-electron chi connectivity index (χ2n) is 3.47. The van der Waals surface area contributed by atoms with Gasteiger partial charge >= 0.3 is 0 Å². The molecule has 7 nitrogen and oxygen atoms in total. The first-order chi connectivity index (χ1) is 8.69. The van der Waals surface area contributed by atoms with Crippen molar-refractivity contribution >= 4 is 23.1 Å². The molecule has 2 aromatic heterocycles. The van der Waals surface area contributed by atoms with Crippen molar-refractivity contribution in [3.8, 4) is 0 Å². The molecule has 0 aliphatic heterocycles. The van der Waals surface area contributed by atoms with E-state index in [-0.39, 0.29) is 11.6 Å². The number of carbonyl (C=O) groups is 1. The molecule has 0 saturated carbocycles. The van der Waals surface area contributed by atoms with Crippen molar-refractivity contribution in [3.05, 3.63) is 34.2 Å². The summed E-state index contributed by atoms with van der Waals surface area (Å²) in [4.78, 5) is 23.9. The van der Waals surface area contributed by atoms with Gasteiger partial charge in [-0.05, 0) is 6.92 Å². The second-order valence-corrected chi connectivity index (χ2v) is 4.54. The SMILES string of the molecule is Cc1nc(CNC(=O)c2cncc(NN)n2)cs1. The molecule has 2 aromatic rings. The molecule has 1 amide bonds. The minimum atomic E-state index is -0.315. The number of carbonyl (C=O) groups excluding carboxylic acids is 1. The fourth-order valence-corrected chi connectivity index (χ4v) is 1.91. The molecule has 0 unspecified atom stereocenters. The van der Waals surface area contributed by atoms with Gasteiger partial charge in [0.15, 0.2) is 5.82 Å². The van der Waals surface area contributed by atoms with Gasteiger partial charge in [-0.25, -0.2) is 15.8 Å². The Labute approximate surface area is 107 Å². The number of nitrogens with two attached hydrogens (primary N) is 1. The Kier molecular flexibility index (Phi) is 3.80. The number of aromatic nitrogens is 3. The van der Waals surface area contributed by atoms with Crippen molar-refractivity contribution in [2.24, 2.45) is 5.84 Å². The maximum Gasteiger partial charge on any atom is 0.271 e. The zero-order chi connectivity index (χ0) is 13.0. The molecule has 94 valence electrons. The number of thiazole rings is 1. The lowest BCUT2D eigenvalue weighted by atomic mass is 10.4. The molecule has 8 heteroatoms. The van der Waals surface area contributed by atoms with E-state index in [0.717, 1.165) is 10.7 Å². The maximum absolute atomic E-state index is 11.8. The lowest BCUT2D eigenvalue weighted by Crippen LogP contribution is -2.24. The van der Waals surface area contributed by atoms with E-state index >= 15 is 0 Å². The lowest BCUT2D eigenvalue weighted by molar-refractivity contribution is 0.0945. The van der Waals surface area contributed by atoms with Gasteiger partial charge in [0.05, 0.1) is 29.6 Å². The normalized spacial score (nSPS) is 10.1. The predicted molar refractivity (Wildman–Crippen MR) is 67.9 cm³/mol. The summed E-state index contributed by atoms with van der Waals surface area (Å²) in [6, 6.07) is 0. The quantitative estimate of drug-likeness (QED) is 0.547. The molecular formula is C10H12N6OS. The molecule has 2 rings (SSSR count). The van der Waals surface area contributed by atoms with Crippen LogP contribution in [0.3, 0.4) is 0 Å². The summed E-state index contributed by atoms with van der Waals surface area (Å²) in [5, 5.41) is 5.58. The topological polar surface area (TPSA) is 106 Å². The summed E-state index contributed by atoms with van der Waals surface area (Å²) in [5.74, 6) is 5.22. The van der Waals surface area contributed by atoms with Crippen LogP contribution in [0.15, 0.2) is 17.8 Å². The van der Waals surface area contributed by atoms with Crippen LogP contribution < -0.4 is 16.6 Å². The highest BCUT2D eigenvalue weighted by molar-refractivity contribution is 7.09. The van der Waals surface area contributed by atoms with Gasteiger partial charge < -0.3 is 10.7 Å². The minimum absolute atomic E-state index is 0.206. The van der Waals surface area contributed by atoms with E-state index in [0.29, 0.717) is 12.4 Å². The molecule has 0 aromatic carbocycles. The standard InChI is InChI=1S/C10H12N6OS/c1-6-14-7(5-18-6)2-13-10(17)8-3-12-4-9(15-8)16-11/h3-5H,2,11H2,1H3,(H,13,17)(H,15,16). The van der Waals surface area contributed by atoms with E-state index < -0.39 is 0 Å². The van der Waals surface area contributed by atoms with E-state index in [9.17, 15) is 4.79 Å². The number of nitrogens with zero attached hydrogens (tertiary/aromatic N) is 3. The lowest BCUT2D eigenvalue weighted by Gasteiger charge is -2.03. The summed E-state index contributed by atoms with van der Waals surface area (Å²) in [6.07, 6.45) is 2.81. The minimum Gasteiger partial charge on any atom is -0.345 e. The molecule has 4 N–H and O–H groups in total. The van der Waals surface area contributed by atoms with Crippen molar-refractivity contribution in [1.82, 2.24) is 20.3 Å².